The van der Waals surface area contributed by atoms with Crippen LogP contribution in [0.3, 0.4) is 0 Å². The average molecular weight is 301 g/mol. The van der Waals surface area contributed by atoms with Gasteiger partial charge < -0.3 is 15.2 Å². The maximum atomic E-state index is 11.9. The zero-order valence-corrected chi connectivity index (χ0v) is 12.3. The Kier molecular flexibility index (Phi) is 4.37. The van der Waals surface area contributed by atoms with E-state index in [1.54, 1.807) is 6.07 Å². The number of anilines is 1. The predicted octanol–water partition coefficient (Wildman–Crippen LogP) is 2.61. The van der Waals surface area contributed by atoms with Crippen molar-refractivity contribution in [2.75, 3.05) is 5.32 Å². The van der Waals surface area contributed by atoms with Crippen LogP contribution < -0.4 is 10.6 Å². The molecule has 1 aromatic carbocycles. The van der Waals surface area contributed by atoms with E-state index < -0.39 is 0 Å². The molecule has 0 bridgehead atoms. The Balaban J connectivity index is 1.49. The van der Waals surface area contributed by atoms with Gasteiger partial charge in [0.25, 0.3) is 0 Å². The van der Waals surface area contributed by atoms with Crippen LogP contribution in [-0.2, 0) is 9.59 Å². The van der Waals surface area contributed by atoms with Crippen molar-refractivity contribution in [2.24, 2.45) is 0 Å². The summed E-state index contributed by atoms with van der Waals surface area (Å²) in [6, 6.07) is 7.59. The first-order valence-corrected chi connectivity index (χ1v) is 7.66. The fourth-order valence-corrected chi connectivity index (χ4v) is 2.77. The monoisotopic (exact) mass is 301 g/mol. The van der Waals surface area contributed by atoms with Crippen LogP contribution >= 0.6 is 0 Å². The van der Waals surface area contributed by atoms with Gasteiger partial charge in [-0.15, -0.1) is 0 Å². The third-order valence-electron chi connectivity index (χ3n) is 3.93. The summed E-state index contributed by atoms with van der Waals surface area (Å²) in [7, 11) is 0. The van der Waals surface area contributed by atoms with E-state index in [1.807, 2.05) is 18.2 Å². The van der Waals surface area contributed by atoms with E-state index in [9.17, 15) is 9.59 Å². The molecule has 0 unspecified atom stereocenters. The van der Waals surface area contributed by atoms with Gasteiger partial charge in [0, 0.05) is 18.9 Å². The number of rotatable bonds is 5. The van der Waals surface area contributed by atoms with E-state index in [0.29, 0.717) is 11.4 Å². The van der Waals surface area contributed by atoms with Crippen LogP contribution in [0.1, 0.15) is 38.5 Å². The molecule has 1 aliphatic carbocycles. The molecule has 1 fully saturated rings. The maximum absolute atomic E-state index is 11.9. The number of hydrogen-bond donors (Lipinski definition) is 2. The lowest BCUT2D eigenvalue weighted by Gasteiger charge is -2.11. The van der Waals surface area contributed by atoms with Crippen molar-refractivity contribution in [2.45, 2.75) is 44.6 Å². The van der Waals surface area contributed by atoms with Crippen molar-refractivity contribution in [1.29, 1.82) is 0 Å². The highest BCUT2D eigenvalue weighted by Crippen LogP contribution is 2.22. The summed E-state index contributed by atoms with van der Waals surface area (Å²) >= 11 is 0. The molecular formula is C16H19N3O3. The first kappa shape index (κ1) is 14.6. The van der Waals surface area contributed by atoms with E-state index in [4.69, 9.17) is 4.52 Å². The standard InChI is InChI=1S/C16H19N3O3/c20-14(17-11-5-1-2-6-11)9-10-15(21)18-16-12-7-3-4-8-13(12)22-19-16/h3-4,7-8,11H,1-2,5-6,9-10H2,(H,17,20)(H,18,19,21). The van der Waals surface area contributed by atoms with Gasteiger partial charge in [0.05, 0.1) is 5.39 Å². The molecule has 0 radical (unpaired) electrons. The van der Waals surface area contributed by atoms with Gasteiger partial charge in [-0.3, -0.25) is 9.59 Å². The summed E-state index contributed by atoms with van der Waals surface area (Å²) in [6.07, 6.45) is 4.76. The molecule has 3 rings (SSSR count). The Bertz CT molecular complexity index is 674. The van der Waals surface area contributed by atoms with Crippen LogP contribution in [0.4, 0.5) is 5.82 Å². The van der Waals surface area contributed by atoms with E-state index in [2.05, 4.69) is 15.8 Å². The number of carbonyl (C=O) groups excluding carboxylic acids is 2. The molecule has 1 heterocycles. The summed E-state index contributed by atoms with van der Waals surface area (Å²) in [5.41, 5.74) is 0.622. The van der Waals surface area contributed by atoms with Gasteiger partial charge in [0.2, 0.25) is 11.8 Å². The first-order chi connectivity index (χ1) is 10.7. The van der Waals surface area contributed by atoms with Crippen LogP contribution in [0.15, 0.2) is 28.8 Å². The molecular weight excluding hydrogens is 282 g/mol. The SMILES string of the molecule is O=C(CCC(=O)NC1CCCC1)Nc1noc2ccccc12. The topological polar surface area (TPSA) is 84.2 Å². The molecule has 6 nitrogen and oxygen atoms in total. The van der Waals surface area contributed by atoms with Crippen molar-refractivity contribution < 1.29 is 14.1 Å². The fraction of sp³-hybridized carbons (Fsp3) is 0.438. The zero-order valence-electron chi connectivity index (χ0n) is 12.3. The Morgan fingerprint density at radius 1 is 1.14 bits per heavy atom. The fourth-order valence-electron chi connectivity index (χ4n) is 2.77. The van der Waals surface area contributed by atoms with Gasteiger partial charge in [-0.25, -0.2) is 0 Å². The van der Waals surface area contributed by atoms with Gasteiger partial charge in [-0.05, 0) is 25.0 Å². The number of nitrogens with zero attached hydrogens (tertiary/aromatic N) is 1. The maximum Gasteiger partial charge on any atom is 0.226 e. The number of fused-ring (bicyclic) bond motifs is 1. The second-order valence-corrected chi connectivity index (χ2v) is 5.62. The summed E-state index contributed by atoms with van der Waals surface area (Å²) in [6.45, 7) is 0. The van der Waals surface area contributed by atoms with E-state index in [1.165, 1.54) is 12.8 Å². The molecule has 1 aromatic heterocycles. The molecule has 1 aliphatic rings. The Labute approximate surface area is 128 Å². The Morgan fingerprint density at radius 2 is 1.86 bits per heavy atom. The van der Waals surface area contributed by atoms with Gasteiger partial charge in [0.1, 0.15) is 0 Å². The number of aromatic nitrogens is 1. The molecule has 2 N–H and O–H groups in total. The Hall–Kier alpha value is -2.37. The summed E-state index contributed by atoms with van der Waals surface area (Å²) < 4.78 is 5.12. The largest absolute Gasteiger partial charge is 0.354 e. The second-order valence-electron chi connectivity index (χ2n) is 5.62. The van der Waals surface area contributed by atoms with E-state index >= 15 is 0 Å². The molecule has 0 aliphatic heterocycles. The molecule has 1 saturated carbocycles. The minimum Gasteiger partial charge on any atom is -0.354 e. The number of hydrogen-bond acceptors (Lipinski definition) is 4. The van der Waals surface area contributed by atoms with Crippen molar-refractivity contribution >= 4 is 28.6 Å². The molecule has 0 spiro atoms. The zero-order chi connectivity index (χ0) is 15.4. The van der Waals surface area contributed by atoms with Crippen molar-refractivity contribution in [3.8, 4) is 0 Å². The summed E-state index contributed by atoms with van der Waals surface area (Å²) in [5.74, 6) is 0.101. The van der Waals surface area contributed by atoms with Gasteiger partial charge in [-0.2, -0.15) is 0 Å². The quantitative estimate of drug-likeness (QED) is 0.889. The minimum absolute atomic E-state index is 0.0629. The van der Waals surface area contributed by atoms with Crippen LogP contribution in [0.5, 0.6) is 0 Å². The normalized spacial score (nSPS) is 15.1. The van der Waals surface area contributed by atoms with Crippen LogP contribution in [0.25, 0.3) is 11.0 Å². The molecule has 6 heteroatoms. The number of benzene rings is 1. The number of amides is 2. The van der Waals surface area contributed by atoms with Gasteiger partial charge in [0.15, 0.2) is 11.4 Å². The van der Waals surface area contributed by atoms with Crippen molar-refractivity contribution in [3.63, 3.8) is 0 Å². The predicted molar refractivity (Wildman–Crippen MR) is 82.3 cm³/mol. The highest BCUT2D eigenvalue weighted by Gasteiger charge is 2.18. The number of nitrogens with one attached hydrogen (secondary N) is 2. The molecule has 22 heavy (non-hydrogen) atoms. The van der Waals surface area contributed by atoms with Crippen LogP contribution in [0.2, 0.25) is 0 Å². The lowest BCUT2D eigenvalue weighted by atomic mass is 10.2. The molecule has 116 valence electrons. The minimum atomic E-state index is -0.236. The third kappa shape index (κ3) is 3.44. The molecule has 0 atom stereocenters. The van der Waals surface area contributed by atoms with Crippen molar-refractivity contribution in [3.05, 3.63) is 24.3 Å². The van der Waals surface area contributed by atoms with Crippen molar-refractivity contribution in [1.82, 2.24) is 10.5 Å². The van der Waals surface area contributed by atoms with Crippen LogP contribution in [0, 0.1) is 0 Å². The highest BCUT2D eigenvalue weighted by atomic mass is 16.5. The van der Waals surface area contributed by atoms with Crippen LogP contribution in [-0.4, -0.2) is 23.0 Å². The Morgan fingerprint density at radius 3 is 2.68 bits per heavy atom. The lowest BCUT2D eigenvalue weighted by Crippen LogP contribution is -2.33. The summed E-state index contributed by atoms with van der Waals surface area (Å²) in [4.78, 5) is 23.7. The first-order valence-electron chi connectivity index (χ1n) is 7.66. The smallest absolute Gasteiger partial charge is 0.226 e. The second kappa shape index (κ2) is 6.60. The molecule has 2 aromatic rings. The lowest BCUT2D eigenvalue weighted by molar-refractivity contribution is -0.124. The molecule has 0 saturated heterocycles. The van der Waals surface area contributed by atoms with E-state index in [0.717, 1.165) is 18.2 Å². The van der Waals surface area contributed by atoms with Gasteiger partial charge in [-0.1, -0.05) is 30.1 Å². The number of carbonyl (C=O) groups is 2. The average Bonchev–Trinajstić information content (AvgIpc) is 3.16. The van der Waals surface area contributed by atoms with E-state index in [-0.39, 0.29) is 30.7 Å². The third-order valence-corrected chi connectivity index (χ3v) is 3.93. The highest BCUT2D eigenvalue weighted by molar-refractivity contribution is 5.99. The van der Waals surface area contributed by atoms with Gasteiger partial charge >= 0.3 is 0 Å². The summed E-state index contributed by atoms with van der Waals surface area (Å²) in [5, 5.41) is 10.3. The number of para-hydroxylation sites is 1. The molecule has 2 amide bonds.